The number of hydrogen-bond acceptors (Lipinski definition) is 7. The molecule has 1 aromatic heterocycles. The van der Waals surface area contributed by atoms with Crippen LogP contribution in [0.15, 0.2) is 40.9 Å². The summed E-state index contributed by atoms with van der Waals surface area (Å²) in [6, 6.07) is 5.78. The number of carboxylic acid groups (broad SMARTS) is 1. The van der Waals surface area contributed by atoms with E-state index in [0.29, 0.717) is 6.42 Å². The van der Waals surface area contributed by atoms with E-state index in [1.807, 2.05) is 6.92 Å². The van der Waals surface area contributed by atoms with Crippen LogP contribution in [0.25, 0.3) is 12.0 Å². The number of halogens is 1. The molecule has 0 spiro atoms. The molecule has 0 radical (unpaired) electrons. The van der Waals surface area contributed by atoms with Crippen molar-refractivity contribution in [2.24, 2.45) is 0 Å². The molecule has 9 nitrogen and oxygen atoms in total. The second kappa shape index (κ2) is 11.4. The molecule has 0 amide bonds. The average Bonchev–Trinajstić information content (AvgIpc) is 2.84. The van der Waals surface area contributed by atoms with Crippen LogP contribution in [0.5, 0.6) is 5.75 Å². The summed E-state index contributed by atoms with van der Waals surface area (Å²) in [7, 11) is 1.58. The molecular formula is C25H27FN2O7. The Hall–Kier alpha value is -4.08. The summed E-state index contributed by atoms with van der Waals surface area (Å²) in [4.78, 5) is 38.0. The summed E-state index contributed by atoms with van der Waals surface area (Å²) in [6.07, 6.45) is 4.34. The summed E-state index contributed by atoms with van der Waals surface area (Å²) in [5.74, 6) is -3.13. The SMILES string of the molecule is CCCCOc1c(NC)c2n(c(=O)c1C(=O)OCC)C=C(C(=O)O)O/C2=C\Cc1ccc(F)cc1. The van der Waals surface area contributed by atoms with Gasteiger partial charge in [-0.15, -0.1) is 0 Å². The Morgan fingerprint density at radius 3 is 2.54 bits per heavy atom. The van der Waals surface area contributed by atoms with Crippen LogP contribution in [0, 0.1) is 5.82 Å². The number of pyridine rings is 1. The van der Waals surface area contributed by atoms with Crippen molar-refractivity contribution in [2.75, 3.05) is 25.6 Å². The highest BCUT2D eigenvalue weighted by molar-refractivity contribution is 5.98. The monoisotopic (exact) mass is 486 g/mol. The van der Waals surface area contributed by atoms with Gasteiger partial charge in [-0.05, 0) is 43.5 Å². The maximum atomic E-state index is 13.5. The van der Waals surface area contributed by atoms with Crippen molar-refractivity contribution in [3.8, 4) is 5.75 Å². The molecule has 0 atom stereocenters. The van der Waals surface area contributed by atoms with Gasteiger partial charge < -0.3 is 24.6 Å². The van der Waals surface area contributed by atoms with Gasteiger partial charge in [0.15, 0.2) is 17.1 Å². The van der Waals surface area contributed by atoms with Gasteiger partial charge in [-0.1, -0.05) is 25.5 Å². The molecule has 10 heteroatoms. The van der Waals surface area contributed by atoms with E-state index in [9.17, 15) is 23.9 Å². The summed E-state index contributed by atoms with van der Waals surface area (Å²) >= 11 is 0. The van der Waals surface area contributed by atoms with Gasteiger partial charge in [-0.25, -0.2) is 14.0 Å². The van der Waals surface area contributed by atoms with Gasteiger partial charge in [0.1, 0.15) is 17.2 Å². The fraction of sp³-hybridized carbons (Fsp3) is 0.320. The molecule has 3 rings (SSSR count). The second-order valence-corrected chi connectivity index (χ2v) is 7.57. The van der Waals surface area contributed by atoms with Crippen LogP contribution in [-0.2, 0) is 20.7 Å². The molecule has 1 aliphatic heterocycles. The van der Waals surface area contributed by atoms with Gasteiger partial charge in [0, 0.05) is 7.05 Å². The Morgan fingerprint density at radius 1 is 1.23 bits per heavy atom. The van der Waals surface area contributed by atoms with Crippen LogP contribution in [0.4, 0.5) is 10.1 Å². The van der Waals surface area contributed by atoms with Gasteiger partial charge >= 0.3 is 11.9 Å². The van der Waals surface area contributed by atoms with E-state index in [-0.39, 0.29) is 53.9 Å². The number of anilines is 1. The number of nitrogens with zero attached hydrogens (tertiary/aromatic N) is 1. The highest BCUT2D eigenvalue weighted by atomic mass is 19.1. The smallest absolute Gasteiger partial charge is 0.373 e. The maximum Gasteiger partial charge on any atom is 0.373 e. The Balaban J connectivity index is 2.26. The highest BCUT2D eigenvalue weighted by Gasteiger charge is 2.33. The molecule has 0 fully saturated rings. The number of aromatic nitrogens is 1. The van der Waals surface area contributed by atoms with Crippen LogP contribution in [0.2, 0.25) is 0 Å². The molecule has 0 saturated carbocycles. The molecule has 2 N–H and O–H groups in total. The zero-order valence-electron chi connectivity index (χ0n) is 19.7. The molecule has 2 heterocycles. The van der Waals surface area contributed by atoms with E-state index in [4.69, 9.17) is 14.2 Å². The van der Waals surface area contributed by atoms with E-state index in [2.05, 4.69) is 5.32 Å². The van der Waals surface area contributed by atoms with Crippen molar-refractivity contribution < 1.29 is 33.3 Å². The van der Waals surface area contributed by atoms with Crippen molar-refractivity contribution >= 4 is 29.6 Å². The summed E-state index contributed by atoms with van der Waals surface area (Å²) in [5, 5.41) is 12.5. The van der Waals surface area contributed by atoms with Crippen LogP contribution in [0.1, 0.15) is 48.3 Å². The highest BCUT2D eigenvalue weighted by Crippen LogP contribution is 2.38. The number of hydrogen-bond donors (Lipinski definition) is 2. The first-order valence-corrected chi connectivity index (χ1v) is 11.2. The van der Waals surface area contributed by atoms with E-state index < -0.39 is 23.3 Å². The fourth-order valence-electron chi connectivity index (χ4n) is 3.49. The molecule has 0 bridgehead atoms. The number of aliphatic carboxylic acids is 1. The number of allylic oxidation sites excluding steroid dienone is 1. The molecule has 186 valence electrons. The van der Waals surface area contributed by atoms with Crippen molar-refractivity contribution in [1.82, 2.24) is 4.57 Å². The lowest BCUT2D eigenvalue weighted by atomic mass is 10.1. The number of esters is 1. The number of carbonyl (C=O) groups excluding carboxylic acids is 1. The summed E-state index contributed by atoms with van der Waals surface area (Å²) in [6.45, 7) is 3.85. The van der Waals surface area contributed by atoms with E-state index in [1.54, 1.807) is 32.2 Å². The van der Waals surface area contributed by atoms with E-state index in [1.165, 1.54) is 12.1 Å². The van der Waals surface area contributed by atoms with Crippen molar-refractivity contribution in [3.05, 3.63) is 69.1 Å². The quantitative estimate of drug-likeness (QED) is 0.384. The third kappa shape index (κ3) is 5.53. The predicted octanol–water partition coefficient (Wildman–Crippen LogP) is 3.88. The third-order valence-corrected chi connectivity index (χ3v) is 5.19. The zero-order chi connectivity index (χ0) is 25.5. The maximum absolute atomic E-state index is 13.5. The average molecular weight is 486 g/mol. The van der Waals surface area contributed by atoms with Crippen molar-refractivity contribution in [2.45, 2.75) is 33.1 Å². The minimum absolute atomic E-state index is 0.000827. The number of nitrogens with one attached hydrogen (secondary N) is 1. The molecule has 1 aromatic carbocycles. The predicted molar refractivity (Wildman–Crippen MR) is 128 cm³/mol. The first-order chi connectivity index (χ1) is 16.8. The normalized spacial score (nSPS) is 13.5. The van der Waals surface area contributed by atoms with Gasteiger partial charge in [-0.3, -0.25) is 9.36 Å². The van der Waals surface area contributed by atoms with Gasteiger partial charge in [0.05, 0.1) is 19.4 Å². The van der Waals surface area contributed by atoms with Gasteiger partial charge in [0.2, 0.25) is 5.76 Å². The number of fused-ring (bicyclic) bond motifs is 1. The topological polar surface area (TPSA) is 116 Å². The van der Waals surface area contributed by atoms with Crippen LogP contribution in [0.3, 0.4) is 0 Å². The van der Waals surface area contributed by atoms with Crippen LogP contribution >= 0.6 is 0 Å². The number of rotatable bonds is 10. The van der Waals surface area contributed by atoms with Crippen LogP contribution in [-0.4, -0.2) is 41.9 Å². The van der Waals surface area contributed by atoms with Crippen molar-refractivity contribution in [1.29, 1.82) is 0 Å². The lowest BCUT2D eigenvalue weighted by Crippen LogP contribution is -2.32. The van der Waals surface area contributed by atoms with Crippen LogP contribution < -0.4 is 15.6 Å². The number of carboxylic acids is 1. The first-order valence-electron chi connectivity index (χ1n) is 11.2. The molecule has 0 unspecified atom stereocenters. The number of benzene rings is 1. The summed E-state index contributed by atoms with van der Waals surface area (Å²) in [5.41, 5.74) is 0.0193. The van der Waals surface area contributed by atoms with E-state index >= 15 is 0 Å². The third-order valence-electron chi connectivity index (χ3n) is 5.19. The van der Waals surface area contributed by atoms with E-state index in [0.717, 1.165) is 22.8 Å². The van der Waals surface area contributed by atoms with Gasteiger partial charge in [0.25, 0.3) is 5.56 Å². The Labute approximate surface area is 201 Å². The van der Waals surface area contributed by atoms with Gasteiger partial charge in [-0.2, -0.15) is 0 Å². The molecule has 35 heavy (non-hydrogen) atoms. The Morgan fingerprint density at radius 2 is 1.94 bits per heavy atom. The zero-order valence-corrected chi connectivity index (χ0v) is 19.7. The standard InChI is InChI=1S/C25H27FN2O7/c1-4-6-13-34-22-19(25(32)33-5-2)23(29)28-14-18(24(30)31)35-17(21(28)20(22)27-3)12-9-15-7-10-16(26)11-8-15/h7-8,10-12,14,27H,4-6,9,13H2,1-3H3,(H,30,31)/b17-12-. The summed E-state index contributed by atoms with van der Waals surface area (Å²) < 4.78 is 30.9. The number of ether oxygens (including phenoxy) is 3. The lowest BCUT2D eigenvalue weighted by Gasteiger charge is -2.25. The molecule has 0 saturated heterocycles. The first kappa shape index (κ1) is 25.5. The Kier molecular flexibility index (Phi) is 8.30. The number of unbranched alkanes of at least 4 members (excludes halogenated alkanes) is 1. The molecule has 1 aliphatic rings. The number of carbonyl (C=O) groups is 2. The second-order valence-electron chi connectivity index (χ2n) is 7.57. The minimum atomic E-state index is -1.40. The molecule has 2 aromatic rings. The Bertz CT molecular complexity index is 1230. The fourth-order valence-corrected chi connectivity index (χ4v) is 3.49. The lowest BCUT2D eigenvalue weighted by molar-refractivity contribution is -0.135. The molecule has 0 aliphatic carbocycles. The van der Waals surface area contributed by atoms with Crippen molar-refractivity contribution in [3.63, 3.8) is 0 Å². The molecular weight excluding hydrogens is 459 g/mol. The minimum Gasteiger partial charge on any atom is -0.490 e. The largest absolute Gasteiger partial charge is 0.490 e.